The van der Waals surface area contributed by atoms with Crippen molar-refractivity contribution < 1.29 is 9.76 Å². The summed E-state index contributed by atoms with van der Waals surface area (Å²) in [6, 6.07) is 6.34. The zero-order valence-electron chi connectivity index (χ0n) is 10.0. The molecule has 0 aliphatic rings. The van der Waals surface area contributed by atoms with Crippen molar-refractivity contribution in [3.05, 3.63) is 45.5 Å². The van der Waals surface area contributed by atoms with E-state index < -0.39 is 4.92 Å². The number of nitro groups is 1. The lowest BCUT2D eigenvalue weighted by Crippen LogP contribution is -1.94. The lowest BCUT2D eigenvalue weighted by Gasteiger charge is -2.00. The number of nitro benzene ring substituents is 1. The van der Waals surface area contributed by atoms with Gasteiger partial charge in [-0.3, -0.25) is 10.1 Å². The van der Waals surface area contributed by atoms with Crippen LogP contribution in [0.3, 0.4) is 0 Å². The maximum Gasteiger partial charge on any atom is 0.269 e. The van der Waals surface area contributed by atoms with Crippen LogP contribution in [-0.4, -0.2) is 17.7 Å². The Morgan fingerprint density at radius 1 is 1.35 bits per heavy atom. The monoisotopic (exact) mass is 234 g/mol. The van der Waals surface area contributed by atoms with Crippen molar-refractivity contribution in [1.82, 2.24) is 0 Å². The van der Waals surface area contributed by atoms with Gasteiger partial charge in [-0.05, 0) is 37.1 Å². The molecule has 1 rings (SSSR count). The molecular formula is C12H14N2O3. The molecule has 0 amide bonds. The van der Waals surface area contributed by atoms with Crippen LogP contribution in [0.4, 0.5) is 5.69 Å². The highest BCUT2D eigenvalue weighted by molar-refractivity contribution is 6.01. The Balaban J connectivity index is 2.91. The molecule has 5 heteroatoms. The fourth-order valence-electron chi connectivity index (χ4n) is 1.26. The third-order valence-corrected chi connectivity index (χ3v) is 2.29. The highest BCUT2D eigenvalue weighted by Crippen LogP contribution is 2.14. The molecule has 0 spiro atoms. The number of rotatable bonds is 4. The largest absolute Gasteiger partial charge is 0.399 e. The van der Waals surface area contributed by atoms with Gasteiger partial charge in [0, 0.05) is 12.1 Å². The molecule has 0 radical (unpaired) electrons. The van der Waals surface area contributed by atoms with Gasteiger partial charge < -0.3 is 4.84 Å². The van der Waals surface area contributed by atoms with Crippen LogP contribution in [0, 0.1) is 10.1 Å². The van der Waals surface area contributed by atoms with Gasteiger partial charge in [0.05, 0.1) is 10.6 Å². The van der Waals surface area contributed by atoms with Gasteiger partial charge in [0.15, 0.2) is 0 Å². The minimum atomic E-state index is -0.419. The number of allylic oxidation sites excluding steroid dienone is 1. The predicted molar refractivity (Wildman–Crippen MR) is 66.9 cm³/mol. The first-order valence-electron chi connectivity index (χ1n) is 5.05. The molecule has 1 aromatic carbocycles. The smallest absolute Gasteiger partial charge is 0.269 e. The highest BCUT2D eigenvalue weighted by Gasteiger charge is 2.03. The number of non-ortho nitro benzene ring substituents is 1. The number of oxime groups is 1. The summed E-state index contributed by atoms with van der Waals surface area (Å²) in [5, 5.41) is 14.3. The Morgan fingerprint density at radius 3 is 2.41 bits per heavy atom. The van der Waals surface area contributed by atoms with Crippen molar-refractivity contribution in [3.8, 4) is 0 Å². The van der Waals surface area contributed by atoms with Crippen LogP contribution < -0.4 is 0 Å². The molecule has 0 aliphatic heterocycles. The van der Waals surface area contributed by atoms with E-state index in [2.05, 4.69) is 9.99 Å². The summed E-state index contributed by atoms with van der Waals surface area (Å²) in [4.78, 5) is 14.7. The number of benzene rings is 1. The zero-order valence-corrected chi connectivity index (χ0v) is 10.0. The molecule has 0 N–H and O–H groups in total. The van der Waals surface area contributed by atoms with Gasteiger partial charge in [-0.2, -0.15) is 0 Å². The van der Waals surface area contributed by atoms with Crippen LogP contribution >= 0.6 is 0 Å². The van der Waals surface area contributed by atoms with E-state index in [-0.39, 0.29) is 5.69 Å². The third-order valence-electron chi connectivity index (χ3n) is 2.29. The van der Waals surface area contributed by atoms with Gasteiger partial charge in [-0.25, -0.2) is 0 Å². The van der Waals surface area contributed by atoms with Crippen LogP contribution in [0.15, 0.2) is 35.0 Å². The van der Waals surface area contributed by atoms with Gasteiger partial charge in [-0.15, -0.1) is 0 Å². The topological polar surface area (TPSA) is 64.7 Å². The standard InChI is InChI=1S/C12H14N2O3/c1-9(10(2)13-17-3)8-11-4-6-12(7-5-11)14(15)16/h4-8H,1-3H3/b9-8+,13-10+. The molecule has 1 aromatic rings. The lowest BCUT2D eigenvalue weighted by molar-refractivity contribution is -0.384. The molecular weight excluding hydrogens is 220 g/mol. The quantitative estimate of drug-likeness (QED) is 0.457. The van der Waals surface area contributed by atoms with Gasteiger partial charge in [0.1, 0.15) is 7.11 Å². The highest BCUT2D eigenvalue weighted by atomic mass is 16.6. The van der Waals surface area contributed by atoms with Crippen molar-refractivity contribution >= 4 is 17.5 Å². The molecule has 0 heterocycles. The predicted octanol–water partition coefficient (Wildman–Crippen LogP) is 3.02. The second kappa shape index (κ2) is 5.79. The fraction of sp³-hybridized carbons (Fsp3) is 0.250. The Bertz CT molecular complexity index is 461. The van der Waals surface area contributed by atoms with Gasteiger partial charge in [0.25, 0.3) is 5.69 Å². The Morgan fingerprint density at radius 2 is 1.94 bits per heavy atom. The van der Waals surface area contributed by atoms with Gasteiger partial charge in [0.2, 0.25) is 0 Å². The van der Waals surface area contributed by atoms with E-state index in [1.54, 1.807) is 12.1 Å². The lowest BCUT2D eigenvalue weighted by atomic mass is 10.1. The molecule has 0 bridgehead atoms. The second-order valence-corrected chi connectivity index (χ2v) is 3.54. The molecule has 0 unspecified atom stereocenters. The molecule has 0 fully saturated rings. The molecule has 0 saturated carbocycles. The van der Waals surface area contributed by atoms with Crippen molar-refractivity contribution in [1.29, 1.82) is 0 Å². The first kappa shape index (κ1) is 12.9. The second-order valence-electron chi connectivity index (χ2n) is 3.54. The maximum atomic E-state index is 10.5. The van der Waals surface area contributed by atoms with E-state index in [1.165, 1.54) is 19.2 Å². The van der Waals surface area contributed by atoms with Crippen LogP contribution in [-0.2, 0) is 4.84 Å². The van der Waals surface area contributed by atoms with Crippen LogP contribution in [0.2, 0.25) is 0 Å². The van der Waals surface area contributed by atoms with E-state index in [0.717, 1.165) is 16.8 Å². The molecule has 0 atom stereocenters. The minimum Gasteiger partial charge on any atom is -0.399 e. The van der Waals surface area contributed by atoms with E-state index >= 15 is 0 Å². The van der Waals surface area contributed by atoms with Crippen molar-refractivity contribution in [2.45, 2.75) is 13.8 Å². The molecule has 0 aromatic heterocycles. The molecule has 90 valence electrons. The molecule has 0 saturated heterocycles. The van der Waals surface area contributed by atoms with Crippen molar-refractivity contribution in [2.24, 2.45) is 5.16 Å². The zero-order chi connectivity index (χ0) is 12.8. The van der Waals surface area contributed by atoms with Gasteiger partial charge >= 0.3 is 0 Å². The summed E-state index contributed by atoms with van der Waals surface area (Å²) in [6.45, 7) is 3.74. The summed E-state index contributed by atoms with van der Waals surface area (Å²) in [5.74, 6) is 0. The molecule has 0 aliphatic carbocycles. The minimum absolute atomic E-state index is 0.0853. The average molecular weight is 234 g/mol. The third kappa shape index (κ3) is 3.71. The Labute approximate surface area is 99.5 Å². The summed E-state index contributed by atoms with van der Waals surface area (Å²) in [5.41, 5.74) is 2.69. The van der Waals surface area contributed by atoms with E-state index in [0.29, 0.717) is 0 Å². The van der Waals surface area contributed by atoms with Crippen LogP contribution in [0.1, 0.15) is 19.4 Å². The first-order valence-corrected chi connectivity index (χ1v) is 5.05. The summed E-state index contributed by atoms with van der Waals surface area (Å²) >= 11 is 0. The van der Waals surface area contributed by atoms with Crippen molar-refractivity contribution in [3.63, 3.8) is 0 Å². The number of nitrogens with zero attached hydrogens (tertiary/aromatic N) is 2. The normalized spacial score (nSPS) is 12.4. The maximum absolute atomic E-state index is 10.5. The summed E-state index contributed by atoms with van der Waals surface area (Å²) in [6.07, 6.45) is 1.89. The fourth-order valence-corrected chi connectivity index (χ4v) is 1.26. The Hall–Kier alpha value is -2.17. The van der Waals surface area contributed by atoms with Gasteiger partial charge in [-0.1, -0.05) is 11.2 Å². The number of hydrogen-bond donors (Lipinski definition) is 0. The summed E-state index contributed by atoms with van der Waals surface area (Å²) < 4.78 is 0. The molecule has 17 heavy (non-hydrogen) atoms. The van der Waals surface area contributed by atoms with E-state index in [1.807, 2.05) is 19.9 Å². The molecule has 5 nitrogen and oxygen atoms in total. The van der Waals surface area contributed by atoms with Crippen LogP contribution in [0.5, 0.6) is 0 Å². The first-order chi connectivity index (χ1) is 8.04. The van der Waals surface area contributed by atoms with E-state index in [9.17, 15) is 10.1 Å². The SMILES string of the molecule is CO/N=C(C)/C(C)=C/c1ccc([N+](=O)[O-])cc1. The van der Waals surface area contributed by atoms with Crippen molar-refractivity contribution in [2.75, 3.05) is 7.11 Å². The number of hydrogen-bond acceptors (Lipinski definition) is 4. The van der Waals surface area contributed by atoms with Crippen LogP contribution in [0.25, 0.3) is 6.08 Å². The summed E-state index contributed by atoms with van der Waals surface area (Å²) in [7, 11) is 1.49. The van der Waals surface area contributed by atoms with E-state index in [4.69, 9.17) is 0 Å². The Kier molecular flexibility index (Phi) is 4.39. The average Bonchev–Trinajstić information content (AvgIpc) is 2.30.